The zero-order chi connectivity index (χ0) is 23.7. The van der Waals surface area contributed by atoms with Crippen LogP contribution in [0.1, 0.15) is 44.7 Å². The fraction of sp³-hybridized carbons (Fsp3) is 0.417. The molecule has 32 heavy (non-hydrogen) atoms. The summed E-state index contributed by atoms with van der Waals surface area (Å²) in [5, 5.41) is 4.68. The van der Waals surface area contributed by atoms with Crippen LogP contribution in [0.15, 0.2) is 42.5 Å². The molecule has 1 N–H and O–H groups in total. The highest BCUT2D eigenvalue weighted by Gasteiger charge is 2.29. The van der Waals surface area contributed by atoms with E-state index in [1.807, 2.05) is 45.0 Å². The Balaban J connectivity index is 2.17. The first kappa shape index (κ1) is 26.8. The average Bonchev–Trinajstić information content (AvgIpc) is 2.76. The molecule has 0 bridgehead atoms. The van der Waals surface area contributed by atoms with E-state index >= 15 is 0 Å². The van der Waals surface area contributed by atoms with E-state index in [1.165, 1.54) is 11.8 Å². The molecule has 0 saturated heterocycles. The average molecular weight is 516 g/mol. The van der Waals surface area contributed by atoms with Gasteiger partial charge in [-0.1, -0.05) is 66.8 Å². The van der Waals surface area contributed by atoms with Crippen LogP contribution >= 0.6 is 46.6 Å². The largest absolute Gasteiger partial charge is 0.352 e. The van der Waals surface area contributed by atoms with Crippen LogP contribution in [0.3, 0.4) is 0 Å². The van der Waals surface area contributed by atoms with Gasteiger partial charge in [-0.3, -0.25) is 9.59 Å². The molecule has 8 heteroatoms. The molecule has 0 unspecified atom stereocenters. The van der Waals surface area contributed by atoms with Gasteiger partial charge in [0.05, 0.1) is 5.75 Å². The predicted octanol–water partition coefficient (Wildman–Crippen LogP) is 6.60. The molecular weight excluding hydrogens is 487 g/mol. The third-order valence-electron chi connectivity index (χ3n) is 5.15. The summed E-state index contributed by atoms with van der Waals surface area (Å²) in [5.41, 5.74) is 1.84. The van der Waals surface area contributed by atoms with Crippen LogP contribution in [0.5, 0.6) is 0 Å². The Morgan fingerprint density at radius 1 is 1.00 bits per heavy atom. The minimum Gasteiger partial charge on any atom is -0.352 e. The first-order valence-corrected chi connectivity index (χ1v) is 12.9. The standard InChI is InChI=1S/C24H29Cl3N2O2S/c1-4-16(3)28-24(31)22(5-2)29(13-18-8-11-20(26)12-21(18)27)23(30)15-32-14-17-6-9-19(25)10-7-17/h6-12,16,22H,4-5,13-15H2,1-3H3,(H,28,31)/t16-,22+/m0/s1. The highest BCUT2D eigenvalue weighted by molar-refractivity contribution is 7.99. The normalized spacial score (nSPS) is 12.8. The lowest BCUT2D eigenvalue weighted by atomic mass is 10.1. The van der Waals surface area contributed by atoms with Gasteiger partial charge in [0, 0.05) is 33.4 Å². The van der Waals surface area contributed by atoms with Crippen molar-refractivity contribution in [3.8, 4) is 0 Å². The van der Waals surface area contributed by atoms with Crippen molar-refractivity contribution in [1.82, 2.24) is 10.2 Å². The van der Waals surface area contributed by atoms with Crippen molar-refractivity contribution in [2.24, 2.45) is 0 Å². The zero-order valence-electron chi connectivity index (χ0n) is 18.5. The number of nitrogens with zero attached hydrogens (tertiary/aromatic N) is 1. The molecule has 2 atom stereocenters. The second kappa shape index (κ2) is 13.3. The lowest BCUT2D eigenvalue weighted by Crippen LogP contribution is -2.51. The fourth-order valence-electron chi connectivity index (χ4n) is 3.11. The van der Waals surface area contributed by atoms with Gasteiger partial charge in [0.25, 0.3) is 0 Å². The minimum atomic E-state index is -0.584. The maximum absolute atomic E-state index is 13.3. The van der Waals surface area contributed by atoms with E-state index in [1.54, 1.807) is 23.1 Å². The molecule has 0 saturated carbocycles. The summed E-state index contributed by atoms with van der Waals surface area (Å²) in [6.45, 7) is 6.11. The lowest BCUT2D eigenvalue weighted by Gasteiger charge is -2.31. The van der Waals surface area contributed by atoms with Gasteiger partial charge in [0.1, 0.15) is 6.04 Å². The summed E-state index contributed by atoms with van der Waals surface area (Å²) in [6, 6.07) is 12.2. The van der Waals surface area contributed by atoms with E-state index in [-0.39, 0.29) is 30.2 Å². The van der Waals surface area contributed by atoms with Crippen molar-refractivity contribution >= 4 is 58.4 Å². The van der Waals surface area contributed by atoms with Gasteiger partial charge in [-0.15, -0.1) is 11.8 Å². The van der Waals surface area contributed by atoms with E-state index in [0.29, 0.717) is 27.2 Å². The second-order valence-corrected chi connectivity index (χ2v) is 9.88. The van der Waals surface area contributed by atoms with E-state index in [2.05, 4.69) is 5.32 Å². The summed E-state index contributed by atoms with van der Waals surface area (Å²) in [5.74, 6) is 0.666. The van der Waals surface area contributed by atoms with Crippen molar-refractivity contribution in [2.45, 2.75) is 58.0 Å². The molecule has 2 aromatic carbocycles. The number of halogens is 3. The molecule has 0 radical (unpaired) electrons. The molecule has 0 aliphatic heterocycles. The van der Waals surface area contributed by atoms with E-state index in [4.69, 9.17) is 34.8 Å². The Morgan fingerprint density at radius 2 is 1.66 bits per heavy atom. The zero-order valence-corrected chi connectivity index (χ0v) is 21.6. The summed E-state index contributed by atoms with van der Waals surface area (Å²) in [4.78, 5) is 27.9. The van der Waals surface area contributed by atoms with Crippen LogP contribution in [0.4, 0.5) is 0 Å². The smallest absolute Gasteiger partial charge is 0.243 e. The molecule has 174 valence electrons. The summed E-state index contributed by atoms with van der Waals surface area (Å²) in [6.07, 6.45) is 1.32. The first-order chi connectivity index (χ1) is 15.2. The Labute approximate surface area is 210 Å². The van der Waals surface area contributed by atoms with Crippen molar-refractivity contribution in [3.05, 3.63) is 68.7 Å². The topological polar surface area (TPSA) is 49.4 Å². The quantitative estimate of drug-likeness (QED) is 0.367. The maximum atomic E-state index is 13.3. The third-order valence-corrected chi connectivity index (χ3v) is 6.98. The van der Waals surface area contributed by atoms with Crippen LogP contribution in [0.2, 0.25) is 15.1 Å². The number of benzene rings is 2. The van der Waals surface area contributed by atoms with E-state index in [9.17, 15) is 9.59 Å². The van der Waals surface area contributed by atoms with Crippen LogP contribution in [-0.4, -0.2) is 34.6 Å². The number of amides is 2. The monoisotopic (exact) mass is 514 g/mol. The molecule has 4 nitrogen and oxygen atoms in total. The van der Waals surface area contributed by atoms with Crippen molar-refractivity contribution in [2.75, 3.05) is 5.75 Å². The van der Waals surface area contributed by atoms with Crippen molar-refractivity contribution in [1.29, 1.82) is 0 Å². The van der Waals surface area contributed by atoms with Gasteiger partial charge in [-0.2, -0.15) is 0 Å². The Bertz CT molecular complexity index is 909. The van der Waals surface area contributed by atoms with Gasteiger partial charge in [0.15, 0.2) is 0 Å². The Hall–Kier alpha value is -1.40. The van der Waals surface area contributed by atoms with Gasteiger partial charge in [0.2, 0.25) is 11.8 Å². The first-order valence-electron chi connectivity index (χ1n) is 10.6. The van der Waals surface area contributed by atoms with Crippen LogP contribution in [-0.2, 0) is 21.9 Å². The fourth-order valence-corrected chi connectivity index (χ4v) is 4.58. The maximum Gasteiger partial charge on any atom is 0.243 e. The van der Waals surface area contributed by atoms with Crippen LogP contribution in [0, 0.1) is 0 Å². The summed E-state index contributed by atoms with van der Waals surface area (Å²) in [7, 11) is 0. The Kier molecular flexibility index (Phi) is 11.2. The highest BCUT2D eigenvalue weighted by atomic mass is 35.5. The number of nitrogens with one attached hydrogen (secondary N) is 1. The van der Waals surface area contributed by atoms with Gasteiger partial charge in [-0.25, -0.2) is 0 Å². The number of thioether (sulfide) groups is 1. The SMILES string of the molecule is CC[C@H](C(=O)N[C@@H](C)CC)N(Cc1ccc(Cl)cc1Cl)C(=O)CSCc1ccc(Cl)cc1. The Morgan fingerprint density at radius 3 is 2.25 bits per heavy atom. The molecule has 2 aromatic rings. The molecular formula is C24H29Cl3N2O2S. The molecule has 2 rings (SSSR count). The molecule has 0 heterocycles. The van der Waals surface area contributed by atoms with E-state index < -0.39 is 6.04 Å². The number of carbonyl (C=O) groups is 2. The second-order valence-electron chi connectivity index (χ2n) is 7.62. The van der Waals surface area contributed by atoms with E-state index in [0.717, 1.165) is 17.5 Å². The minimum absolute atomic E-state index is 0.0342. The third kappa shape index (κ3) is 8.18. The number of hydrogen-bond donors (Lipinski definition) is 1. The van der Waals surface area contributed by atoms with Crippen LogP contribution in [0.25, 0.3) is 0 Å². The van der Waals surface area contributed by atoms with Gasteiger partial charge in [-0.05, 0) is 55.2 Å². The number of rotatable bonds is 11. The predicted molar refractivity (Wildman–Crippen MR) is 137 cm³/mol. The molecule has 0 fully saturated rings. The summed E-state index contributed by atoms with van der Waals surface area (Å²) < 4.78 is 0. The van der Waals surface area contributed by atoms with Crippen LogP contribution < -0.4 is 5.32 Å². The number of carbonyl (C=O) groups excluding carboxylic acids is 2. The molecule has 2 amide bonds. The van der Waals surface area contributed by atoms with Gasteiger partial charge >= 0.3 is 0 Å². The highest BCUT2D eigenvalue weighted by Crippen LogP contribution is 2.25. The van der Waals surface area contributed by atoms with Gasteiger partial charge < -0.3 is 10.2 Å². The molecule has 0 aliphatic carbocycles. The molecule has 0 aliphatic rings. The van der Waals surface area contributed by atoms with Crippen molar-refractivity contribution < 1.29 is 9.59 Å². The molecule has 0 aromatic heterocycles. The lowest BCUT2D eigenvalue weighted by molar-refractivity contribution is -0.139. The van der Waals surface area contributed by atoms with Crippen molar-refractivity contribution in [3.63, 3.8) is 0 Å². The molecule has 0 spiro atoms. The summed E-state index contributed by atoms with van der Waals surface area (Å²) >= 11 is 19.8. The number of hydrogen-bond acceptors (Lipinski definition) is 3.